The monoisotopic (exact) mass is 309 g/mol. The predicted molar refractivity (Wildman–Crippen MR) is 77.0 cm³/mol. The van der Waals surface area contributed by atoms with Crippen LogP contribution in [0.4, 0.5) is 0 Å². The molecule has 106 valence electrons. The number of rotatable bonds is 5. The van der Waals surface area contributed by atoms with Gasteiger partial charge in [0.05, 0.1) is 11.7 Å². The molecule has 1 aromatic heterocycles. The van der Waals surface area contributed by atoms with E-state index in [1.54, 1.807) is 18.2 Å². The molecule has 0 bridgehead atoms. The molecular formula is C13H15N3O2S2. The van der Waals surface area contributed by atoms with Crippen molar-refractivity contribution in [2.75, 3.05) is 0 Å². The van der Waals surface area contributed by atoms with Gasteiger partial charge in [-0.1, -0.05) is 6.07 Å². The molecule has 0 spiro atoms. The highest BCUT2D eigenvalue weighted by Crippen LogP contribution is 2.45. The summed E-state index contributed by atoms with van der Waals surface area (Å²) in [6.07, 6.45) is 4.58. The van der Waals surface area contributed by atoms with Crippen molar-refractivity contribution >= 4 is 32.8 Å². The zero-order chi connectivity index (χ0) is 13.7. The first kappa shape index (κ1) is 12.7. The van der Waals surface area contributed by atoms with Gasteiger partial charge in [-0.05, 0) is 49.7 Å². The van der Waals surface area contributed by atoms with E-state index in [-0.39, 0.29) is 10.9 Å². The van der Waals surface area contributed by atoms with E-state index in [1.807, 2.05) is 0 Å². The van der Waals surface area contributed by atoms with Crippen LogP contribution in [0.5, 0.6) is 0 Å². The fourth-order valence-corrected chi connectivity index (χ4v) is 4.87. The van der Waals surface area contributed by atoms with Gasteiger partial charge in [0.2, 0.25) is 10.0 Å². The van der Waals surface area contributed by atoms with Crippen LogP contribution in [0.2, 0.25) is 0 Å². The fraction of sp³-hybridized carbons (Fsp3) is 0.538. The molecule has 1 aromatic carbocycles. The third-order valence-electron chi connectivity index (χ3n) is 4.09. The lowest BCUT2D eigenvalue weighted by Crippen LogP contribution is -2.38. The number of aromatic nitrogens is 2. The molecule has 2 aliphatic rings. The van der Waals surface area contributed by atoms with Crippen LogP contribution in [-0.2, 0) is 10.0 Å². The van der Waals surface area contributed by atoms with Gasteiger partial charge in [0, 0.05) is 6.04 Å². The van der Waals surface area contributed by atoms with E-state index in [2.05, 4.69) is 13.5 Å². The Hall–Kier alpha value is -1.05. The summed E-state index contributed by atoms with van der Waals surface area (Å²) in [4.78, 5) is 0.259. The highest BCUT2D eigenvalue weighted by atomic mass is 32.2. The number of hydrogen-bond acceptors (Lipinski definition) is 5. The Morgan fingerprint density at radius 2 is 1.85 bits per heavy atom. The molecule has 1 heterocycles. The molecule has 0 amide bonds. The second-order valence-electron chi connectivity index (χ2n) is 5.71. The van der Waals surface area contributed by atoms with Gasteiger partial charge in [0.15, 0.2) is 0 Å². The van der Waals surface area contributed by atoms with E-state index in [4.69, 9.17) is 0 Å². The second kappa shape index (κ2) is 4.47. The molecular weight excluding hydrogens is 294 g/mol. The summed E-state index contributed by atoms with van der Waals surface area (Å²) in [7, 11) is -3.51. The van der Waals surface area contributed by atoms with E-state index < -0.39 is 10.0 Å². The maximum absolute atomic E-state index is 12.6. The molecule has 0 unspecified atom stereocenters. The van der Waals surface area contributed by atoms with Gasteiger partial charge in [-0.3, -0.25) is 0 Å². The van der Waals surface area contributed by atoms with Crippen LogP contribution in [-0.4, -0.2) is 23.2 Å². The average Bonchev–Trinajstić information content (AvgIpc) is 3.33. The van der Waals surface area contributed by atoms with E-state index >= 15 is 0 Å². The molecule has 0 atom stereocenters. The molecule has 2 saturated carbocycles. The van der Waals surface area contributed by atoms with Crippen molar-refractivity contribution in [2.45, 2.75) is 36.6 Å². The molecule has 0 saturated heterocycles. The van der Waals surface area contributed by atoms with Gasteiger partial charge < -0.3 is 0 Å². The van der Waals surface area contributed by atoms with Crippen molar-refractivity contribution in [3.8, 4) is 0 Å². The number of hydrogen-bond donors (Lipinski definition) is 1. The van der Waals surface area contributed by atoms with Crippen molar-refractivity contribution < 1.29 is 8.42 Å². The molecule has 1 N–H and O–H groups in total. The smallest absolute Gasteiger partial charge is 0.207 e. The van der Waals surface area contributed by atoms with Gasteiger partial charge >= 0.3 is 0 Å². The maximum atomic E-state index is 12.6. The average molecular weight is 309 g/mol. The van der Waals surface area contributed by atoms with E-state index in [0.717, 1.165) is 37.4 Å². The Bertz CT molecular complexity index is 736. The predicted octanol–water partition coefficient (Wildman–Crippen LogP) is 2.16. The quantitative estimate of drug-likeness (QED) is 0.918. The van der Waals surface area contributed by atoms with Crippen molar-refractivity contribution in [1.29, 1.82) is 0 Å². The van der Waals surface area contributed by atoms with Gasteiger partial charge in [-0.15, -0.1) is 0 Å². The van der Waals surface area contributed by atoms with Crippen LogP contribution < -0.4 is 4.72 Å². The Morgan fingerprint density at radius 3 is 2.50 bits per heavy atom. The first-order chi connectivity index (χ1) is 9.65. The van der Waals surface area contributed by atoms with Crippen LogP contribution in [0.15, 0.2) is 23.1 Å². The number of nitrogens with one attached hydrogen (secondary N) is 1. The highest BCUT2D eigenvalue weighted by molar-refractivity contribution is 7.89. The molecule has 2 aliphatic carbocycles. The first-order valence-corrected chi connectivity index (χ1v) is 9.10. The minimum Gasteiger partial charge on any atom is -0.207 e. The second-order valence-corrected chi connectivity index (χ2v) is 7.92. The van der Waals surface area contributed by atoms with Gasteiger partial charge in [-0.25, -0.2) is 13.1 Å². The van der Waals surface area contributed by atoms with Gasteiger partial charge in [0.1, 0.15) is 15.9 Å². The standard InChI is InChI=1S/C13H15N3O2S2/c17-20(18,16-12(8-4-5-8)9-6-7-9)11-3-1-2-10-13(11)15-19-14-10/h1-3,8-9,12,16H,4-7H2. The number of fused-ring (bicyclic) bond motifs is 1. The lowest BCUT2D eigenvalue weighted by molar-refractivity contribution is 0.471. The van der Waals surface area contributed by atoms with Crippen LogP contribution in [0.25, 0.3) is 11.0 Å². The van der Waals surface area contributed by atoms with Crippen LogP contribution in [0.3, 0.4) is 0 Å². The number of nitrogens with zero attached hydrogens (tertiary/aromatic N) is 2. The topological polar surface area (TPSA) is 72.0 Å². The fourth-order valence-electron chi connectivity index (χ4n) is 2.73. The summed E-state index contributed by atoms with van der Waals surface area (Å²) >= 11 is 1.05. The Balaban J connectivity index is 1.70. The summed E-state index contributed by atoms with van der Waals surface area (Å²) in [6, 6.07) is 5.24. The van der Waals surface area contributed by atoms with Crippen LogP contribution in [0.1, 0.15) is 25.7 Å². The normalized spacial score (nSPS) is 19.9. The Labute approximate surface area is 121 Å². The molecule has 4 rings (SSSR count). The van der Waals surface area contributed by atoms with Gasteiger partial charge in [0.25, 0.3) is 0 Å². The third kappa shape index (κ3) is 2.23. The molecule has 20 heavy (non-hydrogen) atoms. The lowest BCUT2D eigenvalue weighted by Gasteiger charge is -2.17. The molecule has 2 fully saturated rings. The van der Waals surface area contributed by atoms with Crippen molar-refractivity contribution in [3.05, 3.63) is 18.2 Å². The molecule has 0 aliphatic heterocycles. The molecule has 5 nitrogen and oxygen atoms in total. The zero-order valence-electron chi connectivity index (χ0n) is 10.8. The Kier molecular flexibility index (Phi) is 2.84. The zero-order valence-corrected chi connectivity index (χ0v) is 12.5. The van der Waals surface area contributed by atoms with E-state index in [9.17, 15) is 8.42 Å². The first-order valence-electron chi connectivity index (χ1n) is 6.89. The summed E-state index contributed by atoms with van der Waals surface area (Å²) in [5.41, 5.74) is 1.13. The molecule has 0 radical (unpaired) electrons. The van der Waals surface area contributed by atoms with Crippen molar-refractivity contribution in [2.24, 2.45) is 11.8 Å². The van der Waals surface area contributed by atoms with Crippen molar-refractivity contribution in [1.82, 2.24) is 13.5 Å². The Morgan fingerprint density at radius 1 is 1.15 bits per heavy atom. The minimum atomic E-state index is -3.51. The lowest BCUT2D eigenvalue weighted by atomic mass is 10.1. The highest BCUT2D eigenvalue weighted by Gasteiger charge is 2.43. The maximum Gasteiger partial charge on any atom is 0.243 e. The molecule has 2 aromatic rings. The number of benzene rings is 1. The largest absolute Gasteiger partial charge is 0.243 e. The third-order valence-corrected chi connectivity index (χ3v) is 6.12. The van der Waals surface area contributed by atoms with Crippen molar-refractivity contribution in [3.63, 3.8) is 0 Å². The number of sulfonamides is 1. The summed E-state index contributed by atoms with van der Waals surface area (Å²) in [6.45, 7) is 0. The SMILES string of the molecule is O=S(=O)(NC(C1CC1)C1CC1)c1cccc2nsnc12. The minimum absolute atomic E-state index is 0.113. The van der Waals surface area contributed by atoms with Gasteiger partial charge in [-0.2, -0.15) is 8.75 Å². The van der Waals surface area contributed by atoms with E-state index in [1.165, 1.54) is 0 Å². The summed E-state index contributed by atoms with van der Waals surface area (Å²) < 4.78 is 36.4. The van der Waals surface area contributed by atoms with E-state index in [0.29, 0.717) is 22.9 Å². The van der Waals surface area contributed by atoms with Crippen LogP contribution >= 0.6 is 11.7 Å². The van der Waals surface area contributed by atoms with Crippen LogP contribution in [0, 0.1) is 11.8 Å². The summed E-state index contributed by atoms with van der Waals surface area (Å²) in [5.74, 6) is 1.06. The molecule has 7 heteroatoms. The summed E-state index contributed by atoms with van der Waals surface area (Å²) in [5, 5.41) is 0.